The number of nitrogen functional groups attached to an aromatic ring is 1. The van der Waals surface area contributed by atoms with Crippen LogP contribution in [0.25, 0.3) is 5.65 Å². The van der Waals surface area contributed by atoms with Gasteiger partial charge in [0.1, 0.15) is 5.82 Å². The lowest BCUT2D eigenvalue weighted by Crippen LogP contribution is -2.26. The van der Waals surface area contributed by atoms with E-state index in [0.717, 1.165) is 49.1 Å². The molecule has 1 fully saturated rings. The van der Waals surface area contributed by atoms with Crippen molar-refractivity contribution in [1.29, 1.82) is 0 Å². The van der Waals surface area contributed by atoms with Crippen molar-refractivity contribution < 1.29 is 0 Å². The molecule has 6 heteroatoms. The minimum atomic E-state index is 0.307. The summed E-state index contributed by atoms with van der Waals surface area (Å²) in [6, 6.07) is 10.6. The first-order chi connectivity index (χ1) is 12.2. The number of anilines is 2. The first-order valence-electron chi connectivity index (χ1n) is 8.88. The van der Waals surface area contributed by atoms with Crippen LogP contribution in [0.15, 0.2) is 42.7 Å². The summed E-state index contributed by atoms with van der Waals surface area (Å²) in [6.45, 7) is 0.728. The van der Waals surface area contributed by atoms with Gasteiger partial charge in [0.05, 0.1) is 5.69 Å². The van der Waals surface area contributed by atoms with Crippen LogP contribution >= 0.6 is 0 Å². The fraction of sp³-hybridized carbons (Fsp3) is 0.368. The number of hydrogen-bond acceptors (Lipinski definition) is 5. The van der Waals surface area contributed by atoms with Gasteiger partial charge in [-0.15, -0.1) is 5.10 Å². The average molecular weight is 336 g/mol. The van der Waals surface area contributed by atoms with Gasteiger partial charge in [0.25, 0.3) is 0 Å². The largest absolute Gasteiger partial charge is 0.382 e. The van der Waals surface area contributed by atoms with Gasteiger partial charge in [-0.3, -0.25) is 0 Å². The molecule has 3 aromatic rings. The molecule has 1 aromatic carbocycles. The molecule has 1 saturated carbocycles. The molecule has 0 aliphatic heterocycles. The second kappa shape index (κ2) is 6.72. The van der Waals surface area contributed by atoms with Gasteiger partial charge in [0.2, 0.25) is 0 Å². The van der Waals surface area contributed by atoms with Crippen molar-refractivity contribution in [2.24, 2.45) is 5.73 Å². The molecule has 0 spiro atoms. The van der Waals surface area contributed by atoms with Gasteiger partial charge in [0.15, 0.2) is 5.65 Å². The van der Waals surface area contributed by atoms with Crippen LogP contribution in [0.2, 0.25) is 0 Å². The van der Waals surface area contributed by atoms with Crippen molar-refractivity contribution in [1.82, 2.24) is 14.6 Å². The van der Waals surface area contributed by atoms with Crippen LogP contribution in [0, 0.1) is 0 Å². The lowest BCUT2D eigenvalue weighted by atomic mass is 9.81. The third kappa shape index (κ3) is 3.17. The maximum Gasteiger partial charge on any atom is 0.177 e. The van der Waals surface area contributed by atoms with E-state index in [1.807, 2.05) is 24.4 Å². The summed E-state index contributed by atoms with van der Waals surface area (Å²) >= 11 is 0. The van der Waals surface area contributed by atoms with Crippen molar-refractivity contribution in [3.63, 3.8) is 0 Å². The molecule has 0 unspecified atom stereocenters. The lowest BCUT2D eigenvalue weighted by Gasteiger charge is -2.28. The van der Waals surface area contributed by atoms with Crippen molar-refractivity contribution in [3.05, 3.63) is 53.9 Å². The second-order valence-corrected chi connectivity index (χ2v) is 6.82. The van der Waals surface area contributed by atoms with Gasteiger partial charge in [-0.05, 0) is 37.2 Å². The van der Waals surface area contributed by atoms with E-state index in [1.165, 1.54) is 5.56 Å². The number of nitrogens with zero attached hydrogens (tertiary/aromatic N) is 3. The van der Waals surface area contributed by atoms with Crippen molar-refractivity contribution in [3.8, 4) is 0 Å². The average Bonchev–Trinajstić information content (AvgIpc) is 3.09. The van der Waals surface area contributed by atoms with Crippen molar-refractivity contribution in [2.75, 3.05) is 11.1 Å². The monoisotopic (exact) mass is 336 g/mol. The predicted octanol–water partition coefficient (Wildman–Crippen LogP) is 2.91. The molecule has 25 heavy (non-hydrogen) atoms. The molecule has 0 amide bonds. The number of benzene rings is 1. The van der Waals surface area contributed by atoms with Gasteiger partial charge in [-0.25, -0.2) is 9.50 Å². The zero-order valence-electron chi connectivity index (χ0n) is 14.2. The van der Waals surface area contributed by atoms with Crippen LogP contribution in [-0.2, 0) is 6.54 Å². The summed E-state index contributed by atoms with van der Waals surface area (Å²) in [4.78, 5) is 4.50. The summed E-state index contributed by atoms with van der Waals surface area (Å²) in [5.41, 5.74) is 16.6. The van der Waals surface area contributed by atoms with E-state index in [4.69, 9.17) is 11.5 Å². The van der Waals surface area contributed by atoms with E-state index in [-0.39, 0.29) is 0 Å². The Bertz CT molecular complexity index is 849. The normalized spacial score (nSPS) is 20.7. The number of nitrogens with two attached hydrogens (primary N) is 2. The molecule has 130 valence electrons. The molecule has 6 nitrogen and oxygen atoms in total. The Morgan fingerprint density at radius 1 is 1.12 bits per heavy atom. The molecule has 1 aliphatic carbocycles. The van der Waals surface area contributed by atoms with Crippen LogP contribution in [-0.4, -0.2) is 20.6 Å². The highest BCUT2D eigenvalue weighted by Gasteiger charge is 2.26. The zero-order valence-corrected chi connectivity index (χ0v) is 14.2. The fourth-order valence-corrected chi connectivity index (χ4v) is 3.76. The Kier molecular flexibility index (Phi) is 4.28. The SMILES string of the molecule is Nc1nn2ccnc2c(NCc2ccccc2)c1[C@H]1CC[C@H](N)CC1. The molecule has 1 aliphatic rings. The highest BCUT2D eigenvalue weighted by atomic mass is 15.3. The minimum Gasteiger partial charge on any atom is -0.382 e. The maximum atomic E-state index is 6.35. The van der Waals surface area contributed by atoms with E-state index in [2.05, 4.69) is 27.5 Å². The Morgan fingerprint density at radius 3 is 2.64 bits per heavy atom. The van der Waals surface area contributed by atoms with E-state index in [1.54, 1.807) is 10.7 Å². The molecular formula is C19H24N6. The van der Waals surface area contributed by atoms with Gasteiger partial charge < -0.3 is 16.8 Å². The lowest BCUT2D eigenvalue weighted by molar-refractivity contribution is 0.396. The molecular weight excluding hydrogens is 312 g/mol. The summed E-state index contributed by atoms with van der Waals surface area (Å²) in [6.07, 6.45) is 7.74. The van der Waals surface area contributed by atoms with Gasteiger partial charge in [-0.1, -0.05) is 30.3 Å². The molecule has 0 atom stereocenters. The molecule has 2 aromatic heterocycles. The predicted molar refractivity (Wildman–Crippen MR) is 100 cm³/mol. The number of imidazole rings is 1. The van der Waals surface area contributed by atoms with Crippen LogP contribution in [0.5, 0.6) is 0 Å². The first-order valence-corrected chi connectivity index (χ1v) is 8.88. The smallest absolute Gasteiger partial charge is 0.177 e. The summed E-state index contributed by atoms with van der Waals surface area (Å²) in [5, 5.41) is 8.08. The third-order valence-electron chi connectivity index (χ3n) is 5.10. The molecule has 0 bridgehead atoms. The Balaban J connectivity index is 1.71. The molecule has 0 radical (unpaired) electrons. The van der Waals surface area contributed by atoms with Gasteiger partial charge >= 0.3 is 0 Å². The Morgan fingerprint density at radius 2 is 1.88 bits per heavy atom. The van der Waals surface area contributed by atoms with Gasteiger partial charge in [0, 0.05) is 30.5 Å². The van der Waals surface area contributed by atoms with Crippen LogP contribution in [0.4, 0.5) is 11.5 Å². The fourth-order valence-electron chi connectivity index (χ4n) is 3.76. The van der Waals surface area contributed by atoms with E-state index in [0.29, 0.717) is 17.8 Å². The van der Waals surface area contributed by atoms with E-state index in [9.17, 15) is 0 Å². The quantitative estimate of drug-likeness (QED) is 0.681. The van der Waals surface area contributed by atoms with Crippen molar-refractivity contribution >= 4 is 17.2 Å². The second-order valence-electron chi connectivity index (χ2n) is 6.82. The maximum absolute atomic E-state index is 6.35. The number of rotatable bonds is 4. The molecule has 2 heterocycles. The minimum absolute atomic E-state index is 0.307. The molecule has 4 rings (SSSR count). The van der Waals surface area contributed by atoms with E-state index >= 15 is 0 Å². The number of nitrogens with one attached hydrogen (secondary N) is 1. The number of aromatic nitrogens is 3. The van der Waals surface area contributed by atoms with Gasteiger partial charge in [-0.2, -0.15) is 0 Å². The van der Waals surface area contributed by atoms with Crippen LogP contribution in [0.1, 0.15) is 42.7 Å². The third-order valence-corrected chi connectivity index (χ3v) is 5.10. The summed E-state index contributed by atoms with van der Waals surface area (Å²) < 4.78 is 1.75. The summed E-state index contributed by atoms with van der Waals surface area (Å²) in [5.74, 6) is 0.966. The zero-order chi connectivity index (χ0) is 17.2. The van der Waals surface area contributed by atoms with Crippen molar-refractivity contribution in [2.45, 2.75) is 44.2 Å². The molecule has 0 saturated heterocycles. The first kappa shape index (κ1) is 15.9. The molecule has 5 N–H and O–H groups in total. The van der Waals surface area contributed by atoms with Crippen LogP contribution in [0.3, 0.4) is 0 Å². The highest BCUT2D eigenvalue weighted by molar-refractivity contribution is 5.76. The number of hydrogen-bond donors (Lipinski definition) is 3. The standard InChI is InChI=1S/C19H24N6/c20-15-8-6-14(7-9-15)16-17(23-12-13-4-2-1-3-5-13)19-22-10-11-25(19)24-18(16)21/h1-5,10-11,14-15,23H,6-9,12,20H2,(H2,21,24)/t14-,15-. The topological polar surface area (TPSA) is 94.3 Å². The Hall–Kier alpha value is -2.60. The highest BCUT2D eigenvalue weighted by Crippen LogP contribution is 2.40. The van der Waals surface area contributed by atoms with Crippen LogP contribution < -0.4 is 16.8 Å². The summed E-state index contributed by atoms with van der Waals surface area (Å²) in [7, 11) is 0. The number of fused-ring (bicyclic) bond motifs is 1. The van der Waals surface area contributed by atoms with E-state index < -0.39 is 0 Å². The Labute approximate surface area is 147 Å².